The van der Waals surface area contributed by atoms with E-state index in [4.69, 9.17) is 5.84 Å². The van der Waals surface area contributed by atoms with Gasteiger partial charge in [-0.3, -0.25) is 0 Å². The topological polar surface area (TPSA) is 89.6 Å². The maximum atomic E-state index is 5.43. The van der Waals surface area contributed by atoms with Crippen LogP contribution in [0.5, 0.6) is 0 Å². The zero-order valence-electron chi connectivity index (χ0n) is 10.9. The minimum Gasteiger partial charge on any atom is -0.308 e. The van der Waals surface area contributed by atoms with Crippen molar-refractivity contribution >= 4 is 29.1 Å². The molecule has 2 aromatic rings. The van der Waals surface area contributed by atoms with Gasteiger partial charge in [0.15, 0.2) is 4.34 Å². The summed E-state index contributed by atoms with van der Waals surface area (Å²) >= 11 is 2.88. The van der Waals surface area contributed by atoms with Gasteiger partial charge in [0.2, 0.25) is 0 Å². The van der Waals surface area contributed by atoms with Crippen LogP contribution in [-0.2, 0) is 12.8 Å². The van der Waals surface area contributed by atoms with E-state index in [1.165, 1.54) is 23.3 Å². The molecule has 0 radical (unpaired) electrons. The predicted molar refractivity (Wildman–Crippen MR) is 77.2 cm³/mol. The molecule has 0 aromatic carbocycles. The van der Waals surface area contributed by atoms with Crippen molar-refractivity contribution in [1.29, 1.82) is 0 Å². The van der Waals surface area contributed by atoms with E-state index in [1.807, 2.05) is 13.0 Å². The molecule has 2 aromatic heterocycles. The highest BCUT2D eigenvalue weighted by Gasteiger charge is 2.09. The molecular weight excluding hydrogens is 280 g/mol. The second-order valence-corrected chi connectivity index (χ2v) is 5.85. The third-order valence-electron chi connectivity index (χ3n) is 2.33. The Balaban J connectivity index is 2.20. The maximum Gasteiger partial charge on any atom is 0.176 e. The first kappa shape index (κ1) is 14.2. The summed E-state index contributed by atoms with van der Waals surface area (Å²) in [6.07, 6.45) is 2.67. The second-order valence-electron chi connectivity index (χ2n) is 3.83. The van der Waals surface area contributed by atoms with Gasteiger partial charge in [0.25, 0.3) is 0 Å². The van der Waals surface area contributed by atoms with Crippen molar-refractivity contribution in [2.75, 3.05) is 5.43 Å². The summed E-state index contributed by atoms with van der Waals surface area (Å²) < 4.78 is 5.15. The lowest BCUT2D eigenvalue weighted by Crippen LogP contribution is -2.10. The molecule has 0 saturated carbocycles. The fourth-order valence-corrected chi connectivity index (χ4v) is 3.11. The Labute approximate surface area is 120 Å². The summed E-state index contributed by atoms with van der Waals surface area (Å²) in [6, 6.07) is 1.82. The van der Waals surface area contributed by atoms with Gasteiger partial charge in [-0.05, 0) is 29.7 Å². The van der Waals surface area contributed by atoms with Crippen molar-refractivity contribution < 1.29 is 0 Å². The molecule has 19 heavy (non-hydrogen) atoms. The van der Waals surface area contributed by atoms with Crippen LogP contribution < -0.4 is 11.3 Å². The van der Waals surface area contributed by atoms with Crippen LogP contribution in [0.3, 0.4) is 0 Å². The van der Waals surface area contributed by atoms with Crippen LogP contribution in [0.15, 0.2) is 15.4 Å². The molecule has 8 heteroatoms. The molecule has 0 atom stereocenters. The van der Waals surface area contributed by atoms with Crippen LogP contribution in [-0.4, -0.2) is 19.3 Å². The number of nitrogens with two attached hydrogens (primary N) is 1. The third-order valence-corrected chi connectivity index (χ3v) is 4.04. The van der Waals surface area contributed by atoms with E-state index >= 15 is 0 Å². The van der Waals surface area contributed by atoms with E-state index in [1.54, 1.807) is 0 Å². The number of nitrogens with zero attached hydrogens (tertiary/aromatic N) is 4. The minimum atomic E-state index is 0.626. The number of anilines is 1. The highest BCUT2D eigenvalue weighted by Crippen LogP contribution is 2.28. The van der Waals surface area contributed by atoms with E-state index in [2.05, 4.69) is 31.7 Å². The Hall–Kier alpha value is -1.25. The van der Waals surface area contributed by atoms with E-state index in [-0.39, 0.29) is 0 Å². The Morgan fingerprint density at radius 2 is 2.11 bits per heavy atom. The number of rotatable bonds is 6. The first-order chi connectivity index (χ1) is 9.25. The SMILES string of the molecule is CCCc1nc(NN)cc(Sc2nc(CC)ns2)n1. The number of aromatic nitrogens is 4. The van der Waals surface area contributed by atoms with Crippen LogP contribution in [0.4, 0.5) is 5.82 Å². The third kappa shape index (κ3) is 3.85. The fraction of sp³-hybridized carbons (Fsp3) is 0.455. The molecule has 0 saturated heterocycles. The standard InChI is InChI=1S/C11H16N6S2/c1-3-5-8-13-9(16-12)6-10(14-8)18-11-15-7(4-2)17-19-11/h6H,3-5,12H2,1-2H3,(H,13,14,16). The van der Waals surface area contributed by atoms with E-state index in [9.17, 15) is 0 Å². The largest absolute Gasteiger partial charge is 0.308 e. The van der Waals surface area contributed by atoms with Gasteiger partial charge in [-0.25, -0.2) is 20.8 Å². The summed E-state index contributed by atoms with van der Waals surface area (Å²) in [4.78, 5) is 13.2. The Morgan fingerprint density at radius 3 is 2.74 bits per heavy atom. The quantitative estimate of drug-likeness (QED) is 0.480. The molecule has 0 aliphatic heterocycles. The Kier molecular flexibility index (Phi) is 5.06. The zero-order chi connectivity index (χ0) is 13.7. The van der Waals surface area contributed by atoms with Crippen molar-refractivity contribution in [1.82, 2.24) is 19.3 Å². The molecule has 0 spiro atoms. The zero-order valence-corrected chi connectivity index (χ0v) is 12.5. The van der Waals surface area contributed by atoms with Crippen LogP contribution in [0, 0.1) is 0 Å². The molecule has 102 valence electrons. The number of aryl methyl sites for hydroxylation is 2. The molecule has 0 aliphatic carbocycles. The normalized spacial score (nSPS) is 10.7. The number of hydrazine groups is 1. The number of hydrogen-bond donors (Lipinski definition) is 2. The molecule has 0 aliphatic rings. The summed E-state index contributed by atoms with van der Waals surface area (Å²) in [6.45, 7) is 4.13. The molecule has 3 N–H and O–H groups in total. The van der Waals surface area contributed by atoms with Gasteiger partial charge in [-0.15, -0.1) is 0 Å². The van der Waals surface area contributed by atoms with Gasteiger partial charge in [-0.2, -0.15) is 4.37 Å². The number of nitrogens with one attached hydrogen (secondary N) is 1. The van der Waals surface area contributed by atoms with Crippen molar-refractivity contribution in [2.45, 2.75) is 42.5 Å². The first-order valence-corrected chi connectivity index (χ1v) is 7.69. The highest BCUT2D eigenvalue weighted by atomic mass is 32.2. The lowest BCUT2D eigenvalue weighted by atomic mass is 10.3. The summed E-state index contributed by atoms with van der Waals surface area (Å²) in [7, 11) is 0. The smallest absolute Gasteiger partial charge is 0.176 e. The van der Waals surface area contributed by atoms with Crippen LogP contribution in [0.1, 0.15) is 31.9 Å². The van der Waals surface area contributed by atoms with Gasteiger partial charge in [0.1, 0.15) is 22.5 Å². The summed E-state index contributed by atoms with van der Waals surface area (Å²) in [5, 5.41) is 0.838. The van der Waals surface area contributed by atoms with Crippen LogP contribution in [0.25, 0.3) is 0 Å². The van der Waals surface area contributed by atoms with E-state index < -0.39 is 0 Å². The number of hydrogen-bond acceptors (Lipinski definition) is 8. The Bertz CT molecular complexity index is 542. The lowest BCUT2D eigenvalue weighted by molar-refractivity contribution is 0.810. The summed E-state index contributed by atoms with van der Waals surface area (Å²) in [5.74, 6) is 7.71. The van der Waals surface area contributed by atoms with Gasteiger partial charge < -0.3 is 5.43 Å². The molecular formula is C11H16N6S2. The fourth-order valence-electron chi connectivity index (χ4n) is 1.45. The monoisotopic (exact) mass is 296 g/mol. The van der Waals surface area contributed by atoms with Gasteiger partial charge in [-0.1, -0.05) is 13.8 Å². The predicted octanol–water partition coefficient (Wildman–Crippen LogP) is 2.28. The number of nitrogen functional groups attached to an aromatic ring is 1. The van der Waals surface area contributed by atoms with Crippen molar-refractivity contribution in [3.63, 3.8) is 0 Å². The van der Waals surface area contributed by atoms with Crippen molar-refractivity contribution in [3.8, 4) is 0 Å². The molecule has 6 nitrogen and oxygen atoms in total. The summed E-state index contributed by atoms with van der Waals surface area (Å²) in [5.41, 5.74) is 2.57. The molecule has 0 amide bonds. The van der Waals surface area contributed by atoms with Crippen LogP contribution in [0.2, 0.25) is 0 Å². The molecule has 0 fully saturated rings. The molecule has 2 heterocycles. The molecule has 0 unspecified atom stereocenters. The minimum absolute atomic E-state index is 0.626. The molecule has 2 rings (SSSR count). The average Bonchev–Trinajstić information content (AvgIpc) is 2.86. The van der Waals surface area contributed by atoms with Gasteiger partial charge in [0.05, 0.1) is 0 Å². The van der Waals surface area contributed by atoms with Gasteiger partial charge in [0, 0.05) is 18.9 Å². The van der Waals surface area contributed by atoms with E-state index in [0.29, 0.717) is 5.82 Å². The Morgan fingerprint density at radius 1 is 1.26 bits per heavy atom. The molecule has 0 bridgehead atoms. The van der Waals surface area contributed by atoms with E-state index in [0.717, 1.165) is 40.3 Å². The van der Waals surface area contributed by atoms with Crippen molar-refractivity contribution in [3.05, 3.63) is 17.7 Å². The average molecular weight is 296 g/mol. The highest BCUT2D eigenvalue weighted by molar-refractivity contribution is 8.00. The maximum absolute atomic E-state index is 5.43. The first-order valence-electron chi connectivity index (χ1n) is 6.10. The van der Waals surface area contributed by atoms with Crippen LogP contribution >= 0.6 is 23.3 Å². The van der Waals surface area contributed by atoms with Gasteiger partial charge >= 0.3 is 0 Å². The second kappa shape index (κ2) is 6.78. The lowest BCUT2D eigenvalue weighted by Gasteiger charge is -2.05. The van der Waals surface area contributed by atoms with Crippen molar-refractivity contribution in [2.24, 2.45) is 5.84 Å².